The Labute approximate surface area is 204 Å². The van der Waals surface area contributed by atoms with Gasteiger partial charge < -0.3 is 24.6 Å². The van der Waals surface area contributed by atoms with Gasteiger partial charge in [-0.25, -0.2) is 4.99 Å². The van der Waals surface area contributed by atoms with E-state index in [4.69, 9.17) is 9.47 Å². The molecule has 176 valence electrons. The number of rotatable bonds is 11. The lowest BCUT2D eigenvalue weighted by molar-refractivity contribution is -0.127. The van der Waals surface area contributed by atoms with E-state index in [-0.39, 0.29) is 36.4 Å². The summed E-state index contributed by atoms with van der Waals surface area (Å²) in [6.07, 6.45) is 0.908. The number of guanidine groups is 1. The highest BCUT2D eigenvalue weighted by Crippen LogP contribution is 2.09. The van der Waals surface area contributed by atoms with E-state index in [1.54, 1.807) is 19.0 Å². The van der Waals surface area contributed by atoms with Gasteiger partial charge in [-0.15, -0.1) is 24.0 Å². The highest BCUT2D eigenvalue weighted by atomic mass is 127. The molecule has 0 bridgehead atoms. The standard InChI is InChI=1S/C22H37N5O3.HI/c1-4-29-17-8-11-23-22(24-19-21(28)25(2)3)27-14-12-26(13-15-27)16-18-30-20-9-6-5-7-10-20;/h5-7,9-10H,4,8,11-19H2,1-3H3,(H,23,24);1H. The van der Waals surface area contributed by atoms with Gasteiger partial charge in [0.25, 0.3) is 0 Å². The van der Waals surface area contributed by atoms with Crippen LogP contribution in [-0.4, -0.2) is 106 Å². The molecule has 9 heteroatoms. The van der Waals surface area contributed by atoms with E-state index in [1.807, 2.05) is 37.3 Å². The average Bonchev–Trinajstić information content (AvgIpc) is 2.76. The second-order valence-electron chi connectivity index (χ2n) is 7.40. The predicted molar refractivity (Wildman–Crippen MR) is 135 cm³/mol. The molecule has 8 nitrogen and oxygen atoms in total. The summed E-state index contributed by atoms with van der Waals surface area (Å²) in [4.78, 5) is 22.7. The molecule has 1 aliphatic heterocycles. The Kier molecular flexibility index (Phi) is 14.3. The van der Waals surface area contributed by atoms with Crippen molar-refractivity contribution in [1.82, 2.24) is 20.0 Å². The van der Waals surface area contributed by atoms with Crippen LogP contribution in [0, 0.1) is 0 Å². The van der Waals surface area contributed by atoms with Crippen molar-refractivity contribution in [2.75, 3.05) is 79.7 Å². The summed E-state index contributed by atoms with van der Waals surface area (Å²) in [5.74, 6) is 1.72. The Morgan fingerprint density at radius 2 is 1.84 bits per heavy atom. The summed E-state index contributed by atoms with van der Waals surface area (Å²) in [6.45, 7) is 9.60. The lowest BCUT2D eigenvalue weighted by Crippen LogP contribution is -2.53. The van der Waals surface area contributed by atoms with Crippen molar-refractivity contribution < 1.29 is 14.3 Å². The molecule has 0 spiro atoms. The number of piperazine rings is 1. The average molecular weight is 547 g/mol. The number of amides is 1. The van der Waals surface area contributed by atoms with E-state index in [0.29, 0.717) is 6.61 Å². The first-order chi connectivity index (χ1) is 14.6. The van der Waals surface area contributed by atoms with E-state index >= 15 is 0 Å². The van der Waals surface area contributed by atoms with Gasteiger partial charge in [-0.05, 0) is 25.5 Å². The maximum Gasteiger partial charge on any atom is 0.243 e. The maximum atomic E-state index is 12.0. The number of para-hydroxylation sites is 1. The quantitative estimate of drug-likeness (QED) is 0.197. The molecule has 1 amide bonds. The Bertz CT molecular complexity index is 637. The van der Waals surface area contributed by atoms with Crippen LogP contribution in [0.1, 0.15) is 13.3 Å². The minimum atomic E-state index is 0. The van der Waals surface area contributed by atoms with Crippen LogP contribution in [0.2, 0.25) is 0 Å². The Morgan fingerprint density at radius 1 is 1.13 bits per heavy atom. The number of likely N-dealkylation sites (N-methyl/N-ethyl adjacent to an activating group) is 1. The number of benzene rings is 1. The van der Waals surface area contributed by atoms with Crippen LogP contribution in [-0.2, 0) is 9.53 Å². The van der Waals surface area contributed by atoms with Gasteiger partial charge in [-0.2, -0.15) is 0 Å². The molecule has 1 aromatic carbocycles. The summed E-state index contributed by atoms with van der Waals surface area (Å²) >= 11 is 0. The topological polar surface area (TPSA) is 69.6 Å². The summed E-state index contributed by atoms with van der Waals surface area (Å²) in [6, 6.07) is 9.91. The SMILES string of the molecule is CCOCCCNC(=NCC(=O)N(C)C)N1CCN(CCOc2ccccc2)CC1.I. The molecule has 0 aromatic heterocycles. The fraction of sp³-hybridized carbons (Fsp3) is 0.636. The summed E-state index contributed by atoms with van der Waals surface area (Å²) in [7, 11) is 3.51. The van der Waals surface area contributed by atoms with Crippen LogP contribution in [0.3, 0.4) is 0 Å². The number of nitrogens with zero attached hydrogens (tertiary/aromatic N) is 4. The Hall–Kier alpha value is -1.59. The van der Waals surface area contributed by atoms with Crippen molar-refractivity contribution in [3.8, 4) is 5.75 Å². The molecule has 0 aliphatic carbocycles. The fourth-order valence-corrected chi connectivity index (χ4v) is 3.06. The van der Waals surface area contributed by atoms with Gasteiger partial charge in [0, 0.05) is 66.6 Å². The summed E-state index contributed by atoms with van der Waals surface area (Å²) in [5, 5.41) is 3.40. The lowest BCUT2D eigenvalue weighted by atomic mass is 10.3. The molecule has 1 saturated heterocycles. The van der Waals surface area contributed by atoms with E-state index in [9.17, 15) is 4.79 Å². The van der Waals surface area contributed by atoms with Crippen molar-refractivity contribution in [3.05, 3.63) is 30.3 Å². The van der Waals surface area contributed by atoms with E-state index in [1.165, 1.54) is 0 Å². The first-order valence-corrected chi connectivity index (χ1v) is 10.8. The van der Waals surface area contributed by atoms with E-state index < -0.39 is 0 Å². The van der Waals surface area contributed by atoms with Gasteiger partial charge in [0.2, 0.25) is 5.91 Å². The van der Waals surface area contributed by atoms with Gasteiger partial charge in [0.1, 0.15) is 18.9 Å². The van der Waals surface area contributed by atoms with Crippen LogP contribution in [0.5, 0.6) is 5.75 Å². The number of hydrogen-bond donors (Lipinski definition) is 1. The molecule has 1 aromatic rings. The van der Waals surface area contributed by atoms with Gasteiger partial charge >= 0.3 is 0 Å². The molecule has 0 saturated carbocycles. The normalized spacial score (nSPS) is 14.7. The van der Waals surface area contributed by atoms with Gasteiger partial charge in [-0.3, -0.25) is 9.69 Å². The van der Waals surface area contributed by atoms with Crippen LogP contribution in [0.4, 0.5) is 0 Å². The van der Waals surface area contributed by atoms with Crippen LogP contribution in [0.25, 0.3) is 0 Å². The third-order valence-electron chi connectivity index (χ3n) is 4.91. The number of aliphatic imine (C=N–C) groups is 1. The fourth-order valence-electron chi connectivity index (χ4n) is 3.06. The smallest absolute Gasteiger partial charge is 0.243 e. The van der Waals surface area contributed by atoms with Crippen molar-refractivity contribution in [3.63, 3.8) is 0 Å². The number of ether oxygens (including phenoxy) is 2. The summed E-state index contributed by atoms with van der Waals surface area (Å²) in [5.41, 5.74) is 0. The number of halogens is 1. The van der Waals surface area contributed by atoms with Crippen molar-refractivity contribution >= 4 is 35.8 Å². The number of hydrogen-bond acceptors (Lipinski definition) is 5. The molecule has 1 fully saturated rings. The molecule has 0 atom stereocenters. The number of carbonyl (C=O) groups is 1. The Balaban J connectivity index is 0.00000480. The molecular formula is C22H38IN5O3. The molecule has 1 N–H and O–H groups in total. The molecular weight excluding hydrogens is 509 g/mol. The molecule has 2 rings (SSSR count). The Morgan fingerprint density at radius 3 is 2.48 bits per heavy atom. The largest absolute Gasteiger partial charge is 0.492 e. The third kappa shape index (κ3) is 11.0. The minimum absolute atomic E-state index is 0. The number of carbonyl (C=O) groups excluding carboxylic acids is 1. The monoisotopic (exact) mass is 547 g/mol. The predicted octanol–water partition coefficient (Wildman–Crippen LogP) is 1.76. The van der Waals surface area contributed by atoms with E-state index in [0.717, 1.165) is 70.6 Å². The highest BCUT2D eigenvalue weighted by Gasteiger charge is 2.20. The molecule has 0 radical (unpaired) electrons. The zero-order valence-electron chi connectivity index (χ0n) is 19.1. The van der Waals surface area contributed by atoms with Crippen LogP contribution >= 0.6 is 24.0 Å². The number of nitrogens with one attached hydrogen (secondary N) is 1. The summed E-state index contributed by atoms with van der Waals surface area (Å²) < 4.78 is 11.2. The zero-order chi connectivity index (χ0) is 21.6. The molecule has 31 heavy (non-hydrogen) atoms. The van der Waals surface area contributed by atoms with Crippen LogP contribution < -0.4 is 10.1 Å². The van der Waals surface area contributed by atoms with Crippen LogP contribution in [0.15, 0.2) is 35.3 Å². The highest BCUT2D eigenvalue weighted by molar-refractivity contribution is 14.0. The molecule has 0 unspecified atom stereocenters. The van der Waals surface area contributed by atoms with Crippen molar-refractivity contribution in [2.24, 2.45) is 4.99 Å². The molecule has 1 aliphatic rings. The first kappa shape index (κ1) is 27.4. The zero-order valence-corrected chi connectivity index (χ0v) is 21.4. The van der Waals surface area contributed by atoms with Gasteiger partial charge in [0.05, 0.1) is 0 Å². The first-order valence-electron chi connectivity index (χ1n) is 10.8. The van der Waals surface area contributed by atoms with Gasteiger partial charge in [-0.1, -0.05) is 18.2 Å². The second-order valence-corrected chi connectivity index (χ2v) is 7.40. The molecule has 1 heterocycles. The van der Waals surface area contributed by atoms with Crippen molar-refractivity contribution in [1.29, 1.82) is 0 Å². The lowest BCUT2D eigenvalue weighted by Gasteiger charge is -2.36. The second kappa shape index (κ2) is 16.1. The maximum absolute atomic E-state index is 12.0. The minimum Gasteiger partial charge on any atom is -0.492 e. The van der Waals surface area contributed by atoms with Crippen molar-refractivity contribution in [2.45, 2.75) is 13.3 Å². The third-order valence-corrected chi connectivity index (χ3v) is 4.91. The van der Waals surface area contributed by atoms with E-state index in [2.05, 4.69) is 20.1 Å². The van der Waals surface area contributed by atoms with Gasteiger partial charge in [0.15, 0.2) is 5.96 Å².